The molecule has 18 heavy (non-hydrogen) atoms. The van der Waals surface area contributed by atoms with E-state index in [-0.39, 0.29) is 12.3 Å². The molecular weight excluding hydrogens is 243 g/mol. The molecule has 2 nitrogen and oxygen atoms in total. The summed E-state index contributed by atoms with van der Waals surface area (Å²) in [5.74, 6) is 1.13. The number of rotatable bonds is 5. The van der Waals surface area contributed by atoms with Crippen LogP contribution in [0, 0.1) is 0 Å². The Balaban J connectivity index is 1.70. The third-order valence-corrected chi connectivity index (χ3v) is 3.00. The van der Waals surface area contributed by atoms with Crippen LogP contribution in [0.15, 0.2) is 24.3 Å². The maximum atomic E-state index is 11.9. The van der Waals surface area contributed by atoms with Gasteiger partial charge in [-0.1, -0.05) is 18.2 Å². The summed E-state index contributed by atoms with van der Waals surface area (Å²) < 4.78 is 41.3. The second-order valence-corrected chi connectivity index (χ2v) is 4.47. The third kappa shape index (κ3) is 3.63. The van der Waals surface area contributed by atoms with Gasteiger partial charge in [0.2, 0.25) is 0 Å². The first-order chi connectivity index (χ1) is 8.56. The largest absolute Gasteiger partial charge is 0.493 e. The van der Waals surface area contributed by atoms with Gasteiger partial charge in [-0.05, 0) is 19.0 Å². The third-order valence-electron chi connectivity index (χ3n) is 3.00. The van der Waals surface area contributed by atoms with Crippen molar-refractivity contribution in [3.05, 3.63) is 29.8 Å². The molecule has 1 aliphatic rings. The Hall–Kier alpha value is -1.23. The molecule has 1 aromatic carbocycles. The summed E-state index contributed by atoms with van der Waals surface area (Å²) in [6.07, 6.45) is -4.65. The van der Waals surface area contributed by atoms with Crippen LogP contribution in [-0.2, 0) is 0 Å². The lowest BCUT2D eigenvalue weighted by Crippen LogP contribution is -2.24. The highest BCUT2D eigenvalue weighted by Gasteiger charge is 2.26. The van der Waals surface area contributed by atoms with Crippen molar-refractivity contribution in [3.8, 4) is 5.75 Å². The Morgan fingerprint density at radius 1 is 1.28 bits per heavy atom. The first kappa shape index (κ1) is 13.2. The molecule has 1 aliphatic heterocycles. The van der Waals surface area contributed by atoms with Crippen LogP contribution in [0.1, 0.15) is 24.3 Å². The van der Waals surface area contributed by atoms with Crippen LogP contribution in [0.3, 0.4) is 0 Å². The quantitative estimate of drug-likeness (QED) is 0.820. The van der Waals surface area contributed by atoms with E-state index < -0.39 is 12.6 Å². The Morgan fingerprint density at radius 2 is 2.06 bits per heavy atom. The fourth-order valence-electron chi connectivity index (χ4n) is 2.09. The lowest BCUT2D eigenvalue weighted by molar-refractivity contribution is -0.135. The topological polar surface area (TPSA) is 21.3 Å². The maximum absolute atomic E-state index is 11.9. The van der Waals surface area contributed by atoms with Crippen LogP contribution in [0.5, 0.6) is 5.75 Å². The number of para-hydroxylation sites is 1. The fourth-order valence-corrected chi connectivity index (χ4v) is 2.09. The molecule has 0 aromatic heterocycles. The van der Waals surface area contributed by atoms with E-state index in [4.69, 9.17) is 4.74 Å². The summed E-state index contributed by atoms with van der Waals surface area (Å²) >= 11 is 0. The highest BCUT2D eigenvalue weighted by Crippen LogP contribution is 2.32. The molecule has 1 aromatic rings. The minimum absolute atomic E-state index is 0.124. The van der Waals surface area contributed by atoms with Gasteiger partial charge in [0.1, 0.15) is 5.75 Å². The summed E-state index contributed by atoms with van der Waals surface area (Å²) in [4.78, 5) is 0. The molecule has 5 heteroatoms. The Bertz CT molecular complexity index is 392. The molecule has 0 radical (unpaired) electrons. The number of halogens is 3. The van der Waals surface area contributed by atoms with Crippen molar-refractivity contribution in [3.63, 3.8) is 0 Å². The van der Waals surface area contributed by atoms with E-state index in [9.17, 15) is 13.2 Å². The maximum Gasteiger partial charge on any atom is 0.389 e. The SMILES string of the molecule is FC(F)(F)CCCNCC1COc2ccccc21. The zero-order chi connectivity index (χ0) is 13.0. The zero-order valence-electron chi connectivity index (χ0n) is 9.96. The summed E-state index contributed by atoms with van der Waals surface area (Å²) in [5, 5.41) is 3.06. The van der Waals surface area contributed by atoms with Crippen LogP contribution < -0.4 is 10.1 Å². The Labute approximate surface area is 104 Å². The van der Waals surface area contributed by atoms with Gasteiger partial charge in [0, 0.05) is 24.4 Å². The van der Waals surface area contributed by atoms with Crippen molar-refractivity contribution >= 4 is 0 Å². The number of fused-ring (bicyclic) bond motifs is 1. The molecule has 1 atom stereocenters. The predicted molar refractivity (Wildman–Crippen MR) is 62.8 cm³/mol. The molecule has 100 valence electrons. The number of hydrogen-bond donors (Lipinski definition) is 1. The van der Waals surface area contributed by atoms with Crippen LogP contribution in [0.2, 0.25) is 0 Å². The standard InChI is InChI=1S/C13H16F3NO/c14-13(15,16)6-3-7-17-8-10-9-18-12-5-2-1-4-11(10)12/h1-2,4-5,10,17H,3,6-9H2. The summed E-state index contributed by atoms with van der Waals surface area (Å²) in [6, 6.07) is 7.78. The summed E-state index contributed by atoms with van der Waals surface area (Å²) in [6.45, 7) is 1.65. The molecule has 0 saturated heterocycles. The minimum atomic E-state index is -4.05. The first-order valence-electron chi connectivity index (χ1n) is 6.05. The van der Waals surface area contributed by atoms with E-state index in [2.05, 4.69) is 5.32 Å². The Kier molecular flexibility index (Phi) is 4.11. The molecule has 1 unspecified atom stereocenters. The molecular formula is C13H16F3NO. The molecule has 0 fully saturated rings. The molecule has 0 saturated carbocycles. The van der Waals surface area contributed by atoms with Gasteiger partial charge >= 0.3 is 6.18 Å². The molecule has 0 bridgehead atoms. The fraction of sp³-hybridized carbons (Fsp3) is 0.538. The number of ether oxygens (including phenoxy) is 1. The van der Waals surface area contributed by atoms with Gasteiger partial charge in [0.05, 0.1) is 6.61 Å². The van der Waals surface area contributed by atoms with E-state index in [1.807, 2.05) is 24.3 Å². The van der Waals surface area contributed by atoms with Crippen LogP contribution in [0.4, 0.5) is 13.2 Å². The van der Waals surface area contributed by atoms with Crippen molar-refractivity contribution in [1.29, 1.82) is 0 Å². The van der Waals surface area contributed by atoms with Crippen molar-refractivity contribution in [1.82, 2.24) is 5.32 Å². The van der Waals surface area contributed by atoms with Crippen molar-refractivity contribution in [2.45, 2.75) is 24.9 Å². The average molecular weight is 259 g/mol. The average Bonchev–Trinajstić information content (AvgIpc) is 2.71. The summed E-state index contributed by atoms with van der Waals surface area (Å²) in [5.41, 5.74) is 1.14. The highest BCUT2D eigenvalue weighted by molar-refractivity contribution is 5.39. The number of hydrogen-bond acceptors (Lipinski definition) is 2. The van der Waals surface area contributed by atoms with E-state index in [0.29, 0.717) is 19.7 Å². The van der Waals surface area contributed by atoms with Crippen molar-refractivity contribution in [2.75, 3.05) is 19.7 Å². The molecule has 0 spiro atoms. The number of alkyl halides is 3. The van der Waals surface area contributed by atoms with Gasteiger partial charge in [-0.25, -0.2) is 0 Å². The molecule has 2 rings (SSSR count). The van der Waals surface area contributed by atoms with E-state index >= 15 is 0 Å². The van der Waals surface area contributed by atoms with Crippen molar-refractivity contribution < 1.29 is 17.9 Å². The van der Waals surface area contributed by atoms with E-state index in [1.54, 1.807) is 0 Å². The number of benzene rings is 1. The van der Waals surface area contributed by atoms with Crippen molar-refractivity contribution in [2.24, 2.45) is 0 Å². The zero-order valence-corrected chi connectivity index (χ0v) is 9.96. The molecule has 1 N–H and O–H groups in total. The second-order valence-electron chi connectivity index (χ2n) is 4.47. The second kappa shape index (κ2) is 5.61. The predicted octanol–water partition coefficient (Wildman–Crippen LogP) is 3.09. The first-order valence-corrected chi connectivity index (χ1v) is 6.05. The lowest BCUT2D eigenvalue weighted by Gasteiger charge is -2.11. The van der Waals surface area contributed by atoms with Gasteiger partial charge in [0.15, 0.2) is 0 Å². The Morgan fingerprint density at radius 3 is 2.83 bits per heavy atom. The van der Waals surface area contributed by atoms with Crippen LogP contribution in [-0.4, -0.2) is 25.9 Å². The van der Waals surface area contributed by atoms with Gasteiger partial charge in [0.25, 0.3) is 0 Å². The van der Waals surface area contributed by atoms with Gasteiger partial charge < -0.3 is 10.1 Å². The van der Waals surface area contributed by atoms with Crippen LogP contribution in [0.25, 0.3) is 0 Å². The molecule has 0 amide bonds. The normalized spacial score (nSPS) is 18.5. The van der Waals surface area contributed by atoms with E-state index in [0.717, 1.165) is 11.3 Å². The molecule has 0 aliphatic carbocycles. The van der Waals surface area contributed by atoms with Gasteiger partial charge in [-0.2, -0.15) is 13.2 Å². The smallest absolute Gasteiger partial charge is 0.389 e. The highest BCUT2D eigenvalue weighted by atomic mass is 19.4. The number of nitrogens with one attached hydrogen (secondary N) is 1. The van der Waals surface area contributed by atoms with E-state index in [1.165, 1.54) is 0 Å². The lowest BCUT2D eigenvalue weighted by atomic mass is 10.0. The van der Waals surface area contributed by atoms with Gasteiger partial charge in [-0.3, -0.25) is 0 Å². The monoisotopic (exact) mass is 259 g/mol. The van der Waals surface area contributed by atoms with Crippen LogP contribution >= 0.6 is 0 Å². The summed E-state index contributed by atoms with van der Waals surface area (Å²) in [7, 11) is 0. The van der Waals surface area contributed by atoms with Gasteiger partial charge in [-0.15, -0.1) is 0 Å². The molecule has 1 heterocycles. The minimum Gasteiger partial charge on any atom is -0.493 e.